The second kappa shape index (κ2) is 6.14. The Balaban J connectivity index is 2.51. The normalized spacial score (nSPS) is 12.4. The summed E-state index contributed by atoms with van der Waals surface area (Å²) in [6.07, 6.45) is 0.0444. The molecule has 0 aliphatic heterocycles. The average molecular weight is 276 g/mol. The molecule has 76 valence electrons. The van der Waals surface area contributed by atoms with Gasteiger partial charge in [0.05, 0.1) is 6.61 Å². The first-order valence-electron chi connectivity index (χ1n) is 4.14. The van der Waals surface area contributed by atoms with Crippen molar-refractivity contribution in [2.75, 3.05) is 13.2 Å². The molecule has 0 fully saturated rings. The van der Waals surface area contributed by atoms with Crippen molar-refractivity contribution in [2.24, 2.45) is 0 Å². The van der Waals surface area contributed by atoms with E-state index in [-0.39, 0.29) is 6.61 Å². The summed E-state index contributed by atoms with van der Waals surface area (Å²) in [6, 6.07) is 3.95. The molecule has 0 aromatic carbocycles. The molecule has 1 heterocycles. The number of thiophene rings is 1. The molecular formula is C9H10BrNO2S. The molecule has 0 aliphatic carbocycles. The number of hydrogen-bond donors (Lipinski definition) is 1. The highest BCUT2D eigenvalue weighted by atomic mass is 79.9. The van der Waals surface area contributed by atoms with Crippen LogP contribution in [0.25, 0.3) is 0 Å². The van der Waals surface area contributed by atoms with Gasteiger partial charge in [0.25, 0.3) is 0 Å². The van der Waals surface area contributed by atoms with E-state index in [1.807, 2.05) is 11.4 Å². The first-order valence-corrected chi connectivity index (χ1v) is 5.81. The van der Waals surface area contributed by atoms with E-state index in [2.05, 4.69) is 22.0 Å². The topological polar surface area (TPSA) is 53.2 Å². The molecule has 0 amide bonds. The van der Waals surface area contributed by atoms with Gasteiger partial charge in [0, 0.05) is 21.3 Å². The summed E-state index contributed by atoms with van der Waals surface area (Å²) in [5.74, 6) is 0. The standard InChI is InChI=1S/C9H10BrNO2S/c10-7-4-9(14-6-7)8(5-11)13-3-1-2-12/h4,6,8,12H,1-3H2. The van der Waals surface area contributed by atoms with Crippen molar-refractivity contribution >= 4 is 27.3 Å². The van der Waals surface area contributed by atoms with E-state index in [1.54, 1.807) is 0 Å². The van der Waals surface area contributed by atoms with Crippen LogP contribution in [0.4, 0.5) is 0 Å². The van der Waals surface area contributed by atoms with E-state index < -0.39 is 6.10 Å². The Kier molecular flexibility index (Phi) is 5.12. The highest BCUT2D eigenvalue weighted by molar-refractivity contribution is 9.10. The third kappa shape index (κ3) is 3.39. The van der Waals surface area contributed by atoms with Crippen molar-refractivity contribution in [1.29, 1.82) is 5.26 Å². The SMILES string of the molecule is N#CC(OCCCO)c1cc(Br)cs1. The van der Waals surface area contributed by atoms with Crippen LogP contribution in [0.1, 0.15) is 17.4 Å². The monoisotopic (exact) mass is 275 g/mol. The van der Waals surface area contributed by atoms with Crippen molar-refractivity contribution in [3.05, 3.63) is 20.8 Å². The number of ether oxygens (including phenoxy) is 1. The van der Waals surface area contributed by atoms with Gasteiger partial charge in [-0.25, -0.2) is 0 Å². The summed E-state index contributed by atoms with van der Waals surface area (Å²) in [5.41, 5.74) is 0. The summed E-state index contributed by atoms with van der Waals surface area (Å²) in [4.78, 5) is 0.886. The van der Waals surface area contributed by atoms with Crippen LogP contribution in [0.2, 0.25) is 0 Å². The van der Waals surface area contributed by atoms with Crippen LogP contribution >= 0.6 is 27.3 Å². The van der Waals surface area contributed by atoms with Gasteiger partial charge in [-0.2, -0.15) is 5.26 Å². The maximum Gasteiger partial charge on any atom is 0.178 e. The fourth-order valence-electron chi connectivity index (χ4n) is 0.915. The first kappa shape index (κ1) is 11.7. The molecule has 3 nitrogen and oxygen atoms in total. The van der Waals surface area contributed by atoms with Crippen LogP contribution in [0.15, 0.2) is 15.9 Å². The summed E-state index contributed by atoms with van der Waals surface area (Å²) < 4.78 is 6.26. The number of nitriles is 1. The number of hydrogen-bond acceptors (Lipinski definition) is 4. The van der Waals surface area contributed by atoms with Crippen LogP contribution in [0.3, 0.4) is 0 Å². The quantitative estimate of drug-likeness (QED) is 0.840. The van der Waals surface area contributed by atoms with Crippen molar-refractivity contribution in [3.8, 4) is 6.07 Å². The Morgan fingerprint density at radius 2 is 2.50 bits per heavy atom. The van der Waals surface area contributed by atoms with Gasteiger partial charge in [-0.3, -0.25) is 0 Å². The molecule has 1 atom stereocenters. The summed E-state index contributed by atoms with van der Waals surface area (Å²) >= 11 is 4.80. The molecule has 1 rings (SSSR count). The molecule has 0 bridgehead atoms. The highest BCUT2D eigenvalue weighted by Gasteiger charge is 2.12. The van der Waals surface area contributed by atoms with Crippen molar-refractivity contribution in [2.45, 2.75) is 12.5 Å². The zero-order valence-corrected chi connectivity index (χ0v) is 9.84. The van der Waals surface area contributed by atoms with Crippen LogP contribution in [0.5, 0.6) is 0 Å². The Morgan fingerprint density at radius 1 is 1.71 bits per heavy atom. The van der Waals surface area contributed by atoms with E-state index in [1.165, 1.54) is 11.3 Å². The molecule has 0 radical (unpaired) electrons. The molecular weight excluding hydrogens is 266 g/mol. The first-order chi connectivity index (χ1) is 6.77. The van der Waals surface area contributed by atoms with Crippen LogP contribution < -0.4 is 0 Å². The summed E-state index contributed by atoms with van der Waals surface area (Å²) in [7, 11) is 0. The lowest BCUT2D eigenvalue weighted by Crippen LogP contribution is -2.03. The van der Waals surface area contributed by atoms with E-state index >= 15 is 0 Å². The third-order valence-electron chi connectivity index (χ3n) is 1.55. The van der Waals surface area contributed by atoms with Gasteiger partial charge in [-0.05, 0) is 28.4 Å². The number of aliphatic hydroxyl groups excluding tert-OH is 1. The molecule has 5 heteroatoms. The predicted octanol–water partition coefficient (Wildman–Crippen LogP) is 2.47. The molecule has 1 aromatic rings. The Labute approximate surface area is 95.1 Å². The minimum absolute atomic E-state index is 0.0896. The lowest BCUT2D eigenvalue weighted by Gasteiger charge is -2.07. The van der Waals surface area contributed by atoms with Crippen molar-refractivity contribution in [3.63, 3.8) is 0 Å². The molecule has 1 unspecified atom stereocenters. The molecule has 0 saturated carbocycles. The maximum atomic E-state index is 8.84. The number of rotatable bonds is 5. The van der Waals surface area contributed by atoms with E-state index in [9.17, 15) is 0 Å². The Bertz CT molecular complexity index is 321. The van der Waals surface area contributed by atoms with E-state index in [4.69, 9.17) is 15.1 Å². The largest absolute Gasteiger partial charge is 0.396 e. The maximum absolute atomic E-state index is 8.84. The minimum atomic E-state index is -0.516. The van der Waals surface area contributed by atoms with Gasteiger partial charge >= 0.3 is 0 Å². The molecule has 14 heavy (non-hydrogen) atoms. The zero-order valence-electron chi connectivity index (χ0n) is 7.44. The van der Waals surface area contributed by atoms with Gasteiger partial charge in [-0.1, -0.05) is 0 Å². The Morgan fingerprint density at radius 3 is 3.00 bits per heavy atom. The lowest BCUT2D eigenvalue weighted by atomic mass is 10.3. The second-order valence-electron chi connectivity index (χ2n) is 2.62. The minimum Gasteiger partial charge on any atom is -0.396 e. The number of halogens is 1. The zero-order chi connectivity index (χ0) is 10.4. The molecule has 1 aromatic heterocycles. The molecule has 0 aliphatic rings. The average Bonchev–Trinajstić information content (AvgIpc) is 2.60. The lowest BCUT2D eigenvalue weighted by molar-refractivity contribution is 0.0794. The van der Waals surface area contributed by atoms with Crippen LogP contribution in [0, 0.1) is 11.3 Å². The van der Waals surface area contributed by atoms with E-state index in [0.717, 1.165) is 9.35 Å². The summed E-state index contributed by atoms with van der Waals surface area (Å²) in [6.45, 7) is 0.497. The third-order valence-corrected chi connectivity index (χ3v) is 3.29. The van der Waals surface area contributed by atoms with Gasteiger partial charge in [0.15, 0.2) is 6.10 Å². The van der Waals surface area contributed by atoms with Crippen molar-refractivity contribution in [1.82, 2.24) is 0 Å². The van der Waals surface area contributed by atoms with E-state index in [0.29, 0.717) is 13.0 Å². The summed E-state index contributed by atoms with van der Waals surface area (Å²) in [5, 5.41) is 19.3. The van der Waals surface area contributed by atoms with Crippen LogP contribution in [-0.2, 0) is 4.74 Å². The fraction of sp³-hybridized carbons (Fsp3) is 0.444. The van der Waals surface area contributed by atoms with Gasteiger partial charge in [0.2, 0.25) is 0 Å². The van der Waals surface area contributed by atoms with Crippen molar-refractivity contribution < 1.29 is 9.84 Å². The fourth-order valence-corrected chi connectivity index (χ4v) is 2.35. The predicted molar refractivity (Wildman–Crippen MR) is 58.0 cm³/mol. The smallest absolute Gasteiger partial charge is 0.178 e. The van der Waals surface area contributed by atoms with Gasteiger partial charge in [-0.15, -0.1) is 11.3 Å². The molecule has 0 spiro atoms. The number of nitrogens with zero attached hydrogens (tertiary/aromatic N) is 1. The van der Waals surface area contributed by atoms with Crippen LogP contribution in [-0.4, -0.2) is 18.3 Å². The Hall–Kier alpha value is -0.410. The highest BCUT2D eigenvalue weighted by Crippen LogP contribution is 2.27. The molecule has 0 saturated heterocycles. The van der Waals surface area contributed by atoms with Gasteiger partial charge < -0.3 is 9.84 Å². The van der Waals surface area contributed by atoms with Gasteiger partial charge in [0.1, 0.15) is 6.07 Å². The molecule has 1 N–H and O–H groups in total. The second-order valence-corrected chi connectivity index (χ2v) is 4.48. The number of aliphatic hydroxyl groups is 1.